The second-order valence-corrected chi connectivity index (χ2v) is 4.35. The molecule has 3 aromatic rings. The van der Waals surface area contributed by atoms with Crippen LogP contribution in [0.4, 0.5) is 19.0 Å². The zero-order valence-electron chi connectivity index (χ0n) is 10.6. The number of hydrogen-bond acceptors (Lipinski definition) is 4. The maximum absolute atomic E-state index is 13.0. The molecular formula is C14H9F3N4. The number of halogens is 3. The van der Waals surface area contributed by atoms with Crippen LogP contribution in [0.25, 0.3) is 22.4 Å². The number of pyridine rings is 1. The van der Waals surface area contributed by atoms with Crippen molar-refractivity contribution >= 4 is 16.9 Å². The third kappa shape index (κ3) is 2.37. The third-order valence-corrected chi connectivity index (χ3v) is 2.96. The quantitative estimate of drug-likeness (QED) is 0.747. The maximum atomic E-state index is 13.0. The molecule has 0 saturated heterocycles. The smallest absolute Gasteiger partial charge is 0.382 e. The fraction of sp³-hybridized carbons (Fsp3) is 0.0714. The molecule has 4 nitrogen and oxygen atoms in total. The van der Waals surface area contributed by atoms with Gasteiger partial charge < -0.3 is 5.73 Å². The summed E-state index contributed by atoms with van der Waals surface area (Å²) >= 11 is 0. The van der Waals surface area contributed by atoms with Gasteiger partial charge in [0.1, 0.15) is 5.52 Å². The molecule has 0 saturated carbocycles. The molecule has 2 aromatic heterocycles. The number of fused-ring (bicyclic) bond motifs is 1. The highest BCUT2D eigenvalue weighted by Gasteiger charge is 2.34. The van der Waals surface area contributed by atoms with Gasteiger partial charge in [-0.2, -0.15) is 13.2 Å². The SMILES string of the molecule is Nc1nc(-c2ccccc2C(F)(F)F)nc2cccnc12. The molecule has 0 spiro atoms. The summed E-state index contributed by atoms with van der Waals surface area (Å²) < 4.78 is 39.1. The molecule has 0 unspecified atom stereocenters. The minimum Gasteiger partial charge on any atom is -0.382 e. The van der Waals surface area contributed by atoms with Gasteiger partial charge in [-0.3, -0.25) is 4.98 Å². The van der Waals surface area contributed by atoms with Crippen LogP contribution < -0.4 is 5.73 Å². The van der Waals surface area contributed by atoms with Crippen LogP contribution in [0.3, 0.4) is 0 Å². The van der Waals surface area contributed by atoms with Crippen LogP contribution in [0.5, 0.6) is 0 Å². The number of benzene rings is 1. The first-order chi connectivity index (χ1) is 9.97. The van der Waals surface area contributed by atoms with Crippen molar-refractivity contribution in [1.29, 1.82) is 0 Å². The number of anilines is 1. The van der Waals surface area contributed by atoms with Crippen molar-refractivity contribution in [3.63, 3.8) is 0 Å². The number of aromatic nitrogens is 3. The first-order valence-electron chi connectivity index (χ1n) is 6.01. The lowest BCUT2D eigenvalue weighted by molar-refractivity contribution is -0.137. The van der Waals surface area contributed by atoms with Gasteiger partial charge in [0, 0.05) is 11.8 Å². The Balaban J connectivity index is 2.27. The van der Waals surface area contributed by atoms with Crippen molar-refractivity contribution in [1.82, 2.24) is 15.0 Å². The largest absolute Gasteiger partial charge is 0.417 e. The Morgan fingerprint density at radius 3 is 2.48 bits per heavy atom. The van der Waals surface area contributed by atoms with Gasteiger partial charge in [0.05, 0.1) is 11.1 Å². The lowest BCUT2D eigenvalue weighted by atomic mass is 10.1. The van der Waals surface area contributed by atoms with E-state index >= 15 is 0 Å². The zero-order valence-corrected chi connectivity index (χ0v) is 10.6. The lowest BCUT2D eigenvalue weighted by Gasteiger charge is -2.12. The minimum atomic E-state index is -4.49. The van der Waals surface area contributed by atoms with Gasteiger partial charge in [-0.15, -0.1) is 0 Å². The molecule has 2 N–H and O–H groups in total. The summed E-state index contributed by atoms with van der Waals surface area (Å²) in [5, 5.41) is 0. The fourth-order valence-electron chi connectivity index (χ4n) is 2.04. The Kier molecular flexibility index (Phi) is 2.97. The highest BCUT2D eigenvalue weighted by atomic mass is 19.4. The number of rotatable bonds is 1. The van der Waals surface area contributed by atoms with Crippen LogP contribution in [0.1, 0.15) is 5.56 Å². The molecule has 0 bridgehead atoms. The van der Waals surface area contributed by atoms with Crippen molar-refractivity contribution in [2.75, 3.05) is 5.73 Å². The van der Waals surface area contributed by atoms with Gasteiger partial charge in [0.15, 0.2) is 11.6 Å². The Hall–Kier alpha value is -2.70. The van der Waals surface area contributed by atoms with Gasteiger partial charge in [-0.25, -0.2) is 9.97 Å². The molecule has 7 heteroatoms. The average molecular weight is 290 g/mol. The molecule has 0 aliphatic heterocycles. The topological polar surface area (TPSA) is 64.7 Å². The Labute approximate surface area is 117 Å². The van der Waals surface area contributed by atoms with Crippen molar-refractivity contribution in [3.05, 3.63) is 48.2 Å². The van der Waals surface area contributed by atoms with Crippen LogP contribution in [-0.4, -0.2) is 15.0 Å². The van der Waals surface area contributed by atoms with Crippen LogP contribution >= 0.6 is 0 Å². The molecule has 1 aromatic carbocycles. The summed E-state index contributed by atoms with van der Waals surface area (Å²) in [5.41, 5.74) is 5.62. The summed E-state index contributed by atoms with van der Waals surface area (Å²) in [6, 6.07) is 8.38. The van der Waals surface area contributed by atoms with Crippen molar-refractivity contribution in [3.8, 4) is 11.4 Å². The summed E-state index contributed by atoms with van der Waals surface area (Å²) in [4.78, 5) is 12.1. The molecule has 0 amide bonds. The first kappa shape index (κ1) is 13.3. The molecule has 0 aliphatic rings. The predicted octanol–water partition coefficient (Wildman–Crippen LogP) is 3.29. The summed E-state index contributed by atoms with van der Waals surface area (Å²) in [5.74, 6) is -0.0199. The zero-order chi connectivity index (χ0) is 15.0. The Morgan fingerprint density at radius 2 is 1.71 bits per heavy atom. The standard InChI is InChI=1S/C14H9F3N4/c15-14(16,17)9-5-2-1-4-8(9)13-20-10-6-3-7-19-11(10)12(18)21-13/h1-7H,(H2,18,20,21). The Morgan fingerprint density at radius 1 is 0.952 bits per heavy atom. The lowest BCUT2D eigenvalue weighted by Crippen LogP contribution is -2.08. The summed E-state index contributed by atoms with van der Waals surface area (Å²) in [7, 11) is 0. The van der Waals surface area contributed by atoms with Crippen LogP contribution in [0.15, 0.2) is 42.6 Å². The monoisotopic (exact) mass is 290 g/mol. The van der Waals surface area contributed by atoms with Crippen LogP contribution in [0, 0.1) is 0 Å². The number of nitrogens with two attached hydrogens (primary N) is 1. The fourth-order valence-corrected chi connectivity index (χ4v) is 2.04. The minimum absolute atomic E-state index is 0.0487. The molecule has 0 radical (unpaired) electrons. The van der Waals surface area contributed by atoms with Crippen molar-refractivity contribution < 1.29 is 13.2 Å². The van der Waals surface area contributed by atoms with Crippen molar-refractivity contribution in [2.24, 2.45) is 0 Å². The second-order valence-electron chi connectivity index (χ2n) is 4.35. The van der Waals surface area contributed by atoms with Crippen molar-refractivity contribution in [2.45, 2.75) is 6.18 Å². The Bertz CT molecular complexity index is 815. The maximum Gasteiger partial charge on any atom is 0.417 e. The molecule has 0 atom stereocenters. The number of nitrogens with zero attached hydrogens (tertiary/aromatic N) is 3. The van der Waals surface area contributed by atoms with E-state index in [2.05, 4.69) is 15.0 Å². The van der Waals surface area contributed by atoms with E-state index in [9.17, 15) is 13.2 Å². The summed E-state index contributed by atoms with van der Waals surface area (Å²) in [6.45, 7) is 0. The highest BCUT2D eigenvalue weighted by Crippen LogP contribution is 2.36. The molecular weight excluding hydrogens is 281 g/mol. The molecule has 21 heavy (non-hydrogen) atoms. The van der Waals surface area contributed by atoms with Gasteiger partial charge in [0.25, 0.3) is 0 Å². The van der Waals surface area contributed by atoms with Gasteiger partial charge in [-0.05, 0) is 18.2 Å². The van der Waals surface area contributed by atoms with E-state index in [1.54, 1.807) is 12.1 Å². The van der Waals surface area contributed by atoms with E-state index in [1.165, 1.54) is 24.4 Å². The third-order valence-electron chi connectivity index (χ3n) is 2.96. The van der Waals surface area contributed by atoms with Crippen LogP contribution in [-0.2, 0) is 6.18 Å². The van der Waals surface area contributed by atoms with Gasteiger partial charge >= 0.3 is 6.18 Å². The molecule has 106 valence electrons. The van der Waals surface area contributed by atoms with E-state index < -0.39 is 11.7 Å². The van der Waals surface area contributed by atoms with Gasteiger partial charge in [0.2, 0.25) is 0 Å². The van der Waals surface area contributed by atoms with Gasteiger partial charge in [-0.1, -0.05) is 18.2 Å². The second kappa shape index (κ2) is 4.69. The van der Waals surface area contributed by atoms with E-state index in [4.69, 9.17) is 5.73 Å². The molecule has 3 rings (SSSR count). The number of nitrogen functional groups attached to an aromatic ring is 1. The number of hydrogen-bond donors (Lipinski definition) is 1. The van der Waals surface area contributed by atoms with E-state index in [0.29, 0.717) is 11.0 Å². The molecule has 0 fully saturated rings. The summed E-state index contributed by atoms with van der Waals surface area (Å²) in [6.07, 6.45) is -2.97. The average Bonchev–Trinajstić information content (AvgIpc) is 2.46. The number of alkyl halides is 3. The first-order valence-corrected chi connectivity index (χ1v) is 6.01. The molecule has 2 heterocycles. The highest BCUT2D eigenvalue weighted by molar-refractivity contribution is 5.85. The van der Waals surface area contributed by atoms with E-state index in [1.807, 2.05) is 0 Å². The van der Waals surface area contributed by atoms with E-state index in [0.717, 1.165) is 6.07 Å². The van der Waals surface area contributed by atoms with Crippen LogP contribution in [0.2, 0.25) is 0 Å². The normalized spacial score (nSPS) is 11.8. The van der Waals surface area contributed by atoms with E-state index in [-0.39, 0.29) is 17.2 Å². The predicted molar refractivity (Wildman–Crippen MR) is 72.2 cm³/mol. The molecule has 0 aliphatic carbocycles.